The van der Waals surface area contributed by atoms with E-state index < -0.39 is 30.5 Å². The van der Waals surface area contributed by atoms with Crippen LogP contribution in [0.1, 0.15) is 6.42 Å². The highest BCUT2D eigenvalue weighted by molar-refractivity contribution is 5.72. The minimum atomic E-state index is -1.50. The average Bonchev–Trinajstić information content (AvgIpc) is 1.99. The number of ether oxygens (including phenoxy) is 1. The molecule has 1 aliphatic rings. The van der Waals surface area contributed by atoms with Gasteiger partial charge in [-0.1, -0.05) is 0 Å². The summed E-state index contributed by atoms with van der Waals surface area (Å²) in [5.74, 6) is -1.18. The van der Waals surface area contributed by atoms with Crippen LogP contribution in [0, 0.1) is 0 Å². The molecule has 1 aliphatic heterocycles. The van der Waals surface area contributed by atoms with Crippen LogP contribution in [0.25, 0.3) is 0 Å². The topological polar surface area (TPSA) is 113 Å². The Morgan fingerprint density at radius 3 is 2.50 bits per heavy atom. The van der Waals surface area contributed by atoms with Crippen LogP contribution < -0.4 is 5.73 Å². The molecule has 4 atom stereocenters. The molecule has 70 valence electrons. The summed E-state index contributed by atoms with van der Waals surface area (Å²) in [7, 11) is 0. The number of hydrogen-bond acceptors (Lipinski definition) is 5. The van der Waals surface area contributed by atoms with Gasteiger partial charge in [0.1, 0.15) is 6.10 Å². The number of aliphatic hydroxyl groups excluding tert-OH is 2. The van der Waals surface area contributed by atoms with E-state index in [1.807, 2.05) is 0 Å². The van der Waals surface area contributed by atoms with Gasteiger partial charge in [0.15, 0.2) is 12.4 Å². The van der Waals surface area contributed by atoms with Crippen molar-refractivity contribution in [3.63, 3.8) is 0 Å². The van der Waals surface area contributed by atoms with Crippen molar-refractivity contribution in [1.82, 2.24) is 0 Å². The van der Waals surface area contributed by atoms with Crippen LogP contribution in [0.3, 0.4) is 0 Å². The molecule has 5 N–H and O–H groups in total. The molecule has 12 heavy (non-hydrogen) atoms. The summed E-state index contributed by atoms with van der Waals surface area (Å²) in [6, 6.07) is -0.755. The Labute approximate surface area is 68.6 Å². The number of carboxylic acid groups (broad SMARTS) is 1. The smallest absolute Gasteiger partial charge is 0.333 e. The highest BCUT2D eigenvalue weighted by Crippen LogP contribution is 2.17. The fourth-order valence-electron chi connectivity index (χ4n) is 1.06. The fourth-order valence-corrected chi connectivity index (χ4v) is 1.06. The minimum absolute atomic E-state index is 0.00750. The van der Waals surface area contributed by atoms with E-state index in [4.69, 9.17) is 21.1 Å². The molecule has 0 bridgehead atoms. The maximum absolute atomic E-state index is 10.4. The van der Waals surface area contributed by atoms with Crippen LogP contribution >= 0.6 is 0 Å². The van der Waals surface area contributed by atoms with Gasteiger partial charge in [-0.2, -0.15) is 0 Å². The van der Waals surface area contributed by atoms with E-state index in [2.05, 4.69) is 4.74 Å². The first-order valence-electron chi connectivity index (χ1n) is 3.52. The first-order chi connectivity index (χ1) is 5.52. The molecule has 1 fully saturated rings. The molecule has 0 saturated carbocycles. The van der Waals surface area contributed by atoms with Crippen molar-refractivity contribution in [3.8, 4) is 0 Å². The maximum atomic E-state index is 10.4. The van der Waals surface area contributed by atoms with Crippen molar-refractivity contribution in [2.45, 2.75) is 31.0 Å². The summed E-state index contributed by atoms with van der Waals surface area (Å²) in [6.45, 7) is 0. The summed E-state index contributed by atoms with van der Waals surface area (Å²) in [4.78, 5) is 10.4. The standard InChI is InChI=1S/C6H11NO5/c7-2-1-3(5(9)10)12-6(11)4(2)8/h2-4,6,8,11H,1,7H2,(H,9,10)/t2-,3-,4+,6+/m1/s1. The number of nitrogens with two attached hydrogens (primary N) is 1. The second-order valence-corrected chi connectivity index (χ2v) is 2.74. The van der Waals surface area contributed by atoms with Gasteiger partial charge in [-0.25, -0.2) is 4.79 Å². The number of aliphatic carboxylic acids is 1. The van der Waals surface area contributed by atoms with Crippen LogP contribution in [-0.2, 0) is 9.53 Å². The zero-order valence-electron chi connectivity index (χ0n) is 6.25. The van der Waals surface area contributed by atoms with Crippen LogP contribution in [-0.4, -0.2) is 45.8 Å². The quantitative estimate of drug-likeness (QED) is 0.364. The molecular weight excluding hydrogens is 166 g/mol. The Hall–Kier alpha value is -0.690. The van der Waals surface area contributed by atoms with Crippen molar-refractivity contribution in [2.75, 3.05) is 0 Å². The van der Waals surface area contributed by atoms with E-state index >= 15 is 0 Å². The van der Waals surface area contributed by atoms with Gasteiger partial charge in [0, 0.05) is 12.5 Å². The second kappa shape index (κ2) is 3.36. The number of carboxylic acids is 1. The first kappa shape index (κ1) is 9.40. The lowest BCUT2D eigenvalue weighted by Crippen LogP contribution is -2.54. The lowest BCUT2D eigenvalue weighted by molar-refractivity contribution is -0.226. The van der Waals surface area contributed by atoms with E-state index in [-0.39, 0.29) is 6.42 Å². The molecule has 0 aromatic rings. The molecule has 0 unspecified atom stereocenters. The Morgan fingerprint density at radius 2 is 2.08 bits per heavy atom. The van der Waals surface area contributed by atoms with Crippen LogP contribution in [0.15, 0.2) is 0 Å². The fraction of sp³-hybridized carbons (Fsp3) is 0.833. The first-order valence-corrected chi connectivity index (χ1v) is 3.52. The molecular formula is C6H11NO5. The van der Waals surface area contributed by atoms with Crippen molar-refractivity contribution >= 4 is 5.97 Å². The summed E-state index contributed by atoms with van der Waals surface area (Å²) in [5.41, 5.74) is 5.34. The Kier molecular flexibility index (Phi) is 2.63. The third kappa shape index (κ3) is 1.72. The highest BCUT2D eigenvalue weighted by atomic mass is 16.6. The molecule has 0 radical (unpaired) electrons. The highest BCUT2D eigenvalue weighted by Gasteiger charge is 2.37. The van der Waals surface area contributed by atoms with E-state index in [1.165, 1.54) is 0 Å². The van der Waals surface area contributed by atoms with Gasteiger partial charge in [-0.15, -0.1) is 0 Å². The van der Waals surface area contributed by atoms with Gasteiger partial charge in [-0.3, -0.25) is 0 Å². The van der Waals surface area contributed by atoms with E-state index in [1.54, 1.807) is 0 Å². The van der Waals surface area contributed by atoms with Gasteiger partial charge >= 0.3 is 5.97 Å². The number of rotatable bonds is 1. The molecule has 0 aliphatic carbocycles. The number of aliphatic hydroxyl groups is 2. The van der Waals surface area contributed by atoms with E-state index in [9.17, 15) is 4.79 Å². The van der Waals surface area contributed by atoms with Crippen molar-refractivity contribution in [3.05, 3.63) is 0 Å². The summed E-state index contributed by atoms with van der Waals surface area (Å²) >= 11 is 0. The monoisotopic (exact) mass is 177 g/mol. The zero-order valence-corrected chi connectivity index (χ0v) is 6.25. The van der Waals surface area contributed by atoms with E-state index in [0.29, 0.717) is 0 Å². The zero-order chi connectivity index (χ0) is 9.30. The number of carbonyl (C=O) groups is 1. The summed E-state index contributed by atoms with van der Waals surface area (Å²) in [6.07, 6.45) is -3.83. The molecule has 1 saturated heterocycles. The normalized spacial score (nSPS) is 42.6. The molecule has 0 aromatic heterocycles. The molecule has 1 heterocycles. The van der Waals surface area contributed by atoms with Gasteiger partial charge < -0.3 is 25.8 Å². The molecule has 6 heteroatoms. The van der Waals surface area contributed by atoms with Gasteiger partial charge in [-0.05, 0) is 0 Å². The van der Waals surface area contributed by atoms with Gasteiger partial charge in [0.2, 0.25) is 0 Å². The van der Waals surface area contributed by atoms with Gasteiger partial charge in [0.05, 0.1) is 0 Å². The van der Waals surface area contributed by atoms with Gasteiger partial charge in [0.25, 0.3) is 0 Å². The minimum Gasteiger partial charge on any atom is -0.479 e. The second-order valence-electron chi connectivity index (χ2n) is 2.74. The lowest BCUT2D eigenvalue weighted by Gasteiger charge is -2.32. The third-order valence-corrected chi connectivity index (χ3v) is 1.80. The molecule has 0 amide bonds. The Morgan fingerprint density at radius 1 is 1.50 bits per heavy atom. The van der Waals surface area contributed by atoms with Crippen LogP contribution in [0.2, 0.25) is 0 Å². The van der Waals surface area contributed by atoms with Crippen molar-refractivity contribution in [1.29, 1.82) is 0 Å². The predicted molar refractivity (Wildman–Crippen MR) is 37.1 cm³/mol. The Balaban J connectivity index is 2.59. The average molecular weight is 177 g/mol. The van der Waals surface area contributed by atoms with Crippen LogP contribution in [0.5, 0.6) is 0 Å². The van der Waals surface area contributed by atoms with Crippen molar-refractivity contribution in [2.24, 2.45) is 5.73 Å². The van der Waals surface area contributed by atoms with Crippen LogP contribution in [0.4, 0.5) is 0 Å². The molecule has 0 aromatic carbocycles. The third-order valence-electron chi connectivity index (χ3n) is 1.80. The molecule has 0 spiro atoms. The summed E-state index contributed by atoms with van der Waals surface area (Å²) in [5, 5.41) is 26.5. The Bertz CT molecular complexity index is 173. The number of hydrogen-bond donors (Lipinski definition) is 4. The SMILES string of the molecule is N[C@@H]1C[C@H](C(=O)O)O[C@H](O)[C@H]1O. The maximum Gasteiger partial charge on any atom is 0.333 e. The lowest BCUT2D eigenvalue weighted by atomic mass is 10.0. The van der Waals surface area contributed by atoms with E-state index in [0.717, 1.165) is 0 Å². The summed E-state index contributed by atoms with van der Waals surface area (Å²) < 4.78 is 4.56. The molecule has 1 rings (SSSR count). The largest absolute Gasteiger partial charge is 0.479 e. The van der Waals surface area contributed by atoms with Crippen molar-refractivity contribution < 1.29 is 24.9 Å². The predicted octanol–water partition coefficient (Wildman–Crippen LogP) is -2.13. The molecule has 6 nitrogen and oxygen atoms in total.